The largest absolute Gasteiger partial charge is 0.478 e. The summed E-state index contributed by atoms with van der Waals surface area (Å²) < 4.78 is 0. The van der Waals surface area contributed by atoms with Crippen molar-refractivity contribution in [3.63, 3.8) is 0 Å². The molecule has 0 spiro atoms. The summed E-state index contributed by atoms with van der Waals surface area (Å²) in [5, 5.41) is 12.4. The lowest BCUT2D eigenvalue weighted by Crippen LogP contribution is -2.12. The highest BCUT2D eigenvalue weighted by molar-refractivity contribution is 5.89. The van der Waals surface area contributed by atoms with Crippen LogP contribution in [0.1, 0.15) is 43.7 Å². The van der Waals surface area contributed by atoms with Crippen LogP contribution in [0.3, 0.4) is 0 Å². The molecule has 1 fully saturated rings. The summed E-state index contributed by atoms with van der Waals surface area (Å²) in [7, 11) is 0. The number of nitrogens with zero attached hydrogens (tertiary/aromatic N) is 1. The number of carboxylic acid groups (broad SMARTS) is 1. The molecule has 0 amide bonds. The summed E-state index contributed by atoms with van der Waals surface area (Å²) >= 11 is 0. The van der Waals surface area contributed by atoms with Gasteiger partial charge in [-0.2, -0.15) is 0 Å². The highest BCUT2D eigenvalue weighted by Crippen LogP contribution is 2.63. The van der Waals surface area contributed by atoms with Crippen LogP contribution in [-0.2, 0) is 0 Å². The van der Waals surface area contributed by atoms with Gasteiger partial charge in [0.1, 0.15) is 5.82 Å². The molecule has 0 aliphatic heterocycles. The molecule has 98 valence electrons. The van der Waals surface area contributed by atoms with E-state index in [4.69, 9.17) is 5.11 Å². The molecule has 0 aromatic carbocycles. The Labute approximate surface area is 107 Å². The molecular weight excluding hydrogens is 228 g/mol. The maximum atomic E-state index is 10.9. The zero-order valence-electron chi connectivity index (χ0n) is 11.5. The molecule has 4 heteroatoms. The third kappa shape index (κ3) is 1.76. The van der Waals surface area contributed by atoms with Crippen LogP contribution in [0.5, 0.6) is 0 Å². The van der Waals surface area contributed by atoms with Crippen molar-refractivity contribution < 1.29 is 9.90 Å². The Morgan fingerprint density at radius 3 is 2.22 bits per heavy atom. The van der Waals surface area contributed by atoms with Gasteiger partial charge in [0, 0.05) is 6.04 Å². The Balaban J connectivity index is 2.18. The fourth-order valence-corrected chi connectivity index (χ4v) is 2.57. The molecule has 1 aliphatic rings. The van der Waals surface area contributed by atoms with E-state index in [1.165, 1.54) is 0 Å². The third-order valence-electron chi connectivity index (χ3n) is 4.63. The second-order valence-electron chi connectivity index (χ2n) is 6.16. The molecule has 1 aromatic heterocycles. The van der Waals surface area contributed by atoms with E-state index in [0.29, 0.717) is 11.7 Å². The Morgan fingerprint density at radius 1 is 1.28 bits per heavy atom. The Bertz CT molecular complexity index is 493. The highest BCUT2D eigenvalue weighted by Gasteiger charge is 2.65. The summed E-state index contributed by atoms with van der Waals surface area (Å²) in [6, 6.07) is 3.71. The predicted molar refractivity (Wildman–Crippen MR) is 70.9 cm³/mol. The van der Waals surface area contributed by atoms with Crippen molar-refractivity contribution in [2.45, 2.75) is 40.7 Å². The highest BCUT2D eigenvalue weighted by atomic mass is 16.4. The first kappa shape index (κ1) is 12.9. The Hall–Kier alpha value is -1.58. The normalized spacial score (nSPS) is 20.5. The number of hydrogen-bond donors (Lipinski definition) is 2. The molecule has 4 nitrogen and oxygen atoms in total. The number of anilines is 1. The number of aromatic carboxylic acids is 1. The van der Waals surface area contributed by atoms with Gasteiger partial charge in [0.05, 0.1) is 11.3 Å². The van der Waals surface area contributed by atoms with Crippen molar-refractivity contribution in [3.8, 4) is 0 Å². The van der Waals surface area contributed by atoms with Crippen LogP contribution in [-0.4, -0.2) is 22.1 Å². The van der Waals surface area contributed by atoms with E-state index < -0.39 is 5.97 Å². The first-order chi connectivity index (χ1) is 8.18. The molecule has 1 aromatic rings. The van der Waals surface area contributed by atoms with Crippen molar-refractivity contribution in [2.75, 3.05) is 5.32 Å². The fourth-order valence-electron chi connectivity index (χ4n) is 2.57. The molecule has 0 atom stereocenters. The van der Waals surface area contributed by atoms with Gasteiger partial charge in [0.2, 0.25) is 0 Å². The lowest BCUT2D eigenvalue weighted by Gasteiger charge is -2.09. The van der Waals surface area contributed by atoms with Crippen molar-refractivity contribution in [1.29, 1.82) is 0 Å². The smallest absolute Gasteiger partial charge is 0.337 e. The van der Waals surface area contributed by atoms with Gasteiger partial charge in [0.15, 0.2) is 0 Å². The maximum absolute atomic E-state index is 10.9. The van der Waals surface area contributed by atoms with Gasteiger partial charge in [-0.3, -0.25) is 0 Å². The van der Waals surface area contributed by atoms with Crippen LogP contribution in [0.4, 0.5) is 5.82 Å². The summed E-state index contributed by atoms with van der Waals surface area (Å²) in [5.74, 6) is -0.181. The van der Waals surface area contributed by atoms with Gasteiger partial charge in [-0.05, 0) is 29.9 Å². The predicted octanol–water partition coefficient (Wildman–Crippen LogP) is 2.93. The van der Waals surface area contributed by atoms with E-state index >= 15 is 0 Å². The van der Waals surface area contributed by atoms with Gasteiger partial charge >= 0.3 is 5.97 Å². The number of carbonyl (C=O) groups is 1. The van der Waals surface area contributed by atoms with Gasteiger partial charge in [0.25, 0.3) is 0 Å². The zero-order chi connectivity index (χ0) is 13.7. The molecule has 1 heterocycles. The third-order valence-corrected chi connectivity index (χ3v) is 4.63. The molecule has 0 bridgehead atoms. The molecule has 0 unspecified atom stereocenters. The SMILES string of the molecule is Cc1nc(NC2C(C)(C)C2(C)C)ccc1C(=O)O. The van der Waals surface area contributed by atoms with Crippen LogP contribution in [0.2, 0.25) is 0 Å². The van der Waals surface area contributed by atoms with E-state index in [-0.39, 0.29) is 16.4 Å². The average Bonchev–Trinajstić information content (AvgIpc) is 2.60. The zero-order valence-corrected chi connectivity index (χ0v) is 11.5. The minimum atomic E-state index is -0.932. The number of rotatable bonds is 3. The molecule has 1 aliphatic carbocycles. The van der Waals surface area contributed by atoms with Crippen LogP contribution < -0.4 is 5.32 Å². The van der Waals surface area contributed by atoms with Crippen molar-refractivity contribution in [3.05, 3.63) is 23.4 Å². The van der Waals surface area contributed by atoms with E-state index in [1.807, 2.05) is 0 Å². The van der Waals surface area contributed by atoms with Gasteiger partial charge in [-0.1, -0.05) is 27.7 Å². The fraction of sp³-hybridized carbons (Fsp3) is 0.571. The van der Waals surface area contributed by atoms with Gasteiger partial charge < -0.3 is 10.4 Å². The summed E-state index contributed by atoms with van der Waals surface area (Å²) in [4.78, 5) is 15.2. The van der Waals surface area contributed by atoms with Crippen molar-refractivity contribution >= 4 is 11.8 Å². The lowest BCUT2D eigenvalue weighted by molar-refractivity contribution is 0.0695. The van der Waals surface area contributed by atoms with E-state index in [1.54, 1.807) is 19.1 Å². The van der Waals surface area contributed by atoms with E-state index in [9.17, 15) is 4.79 Å². The lowest BCUT2D eigenvalue weighted by atomic mass is 10.0. The number of pyridine rings is 1. The average molecular weight is 248 g/mol. The molecule has 0 saturated heterocycles. The van der Waals surface area contributed by atoms with Crippen LogP contribution in [0.25, 0.3) is 0 Å². The van der Waals surface area contributed by atoms with Crippen LogP contribution in [0.15, 0.2) is 12.1 Å². The molecule has 1 saturated carbocycles. The minimum Gasteiger partial charge on any atom is -0.478 e. The quantitative estimate of drug-likeness (QED) is 0.863. The van der Waals surface area contributed by atoms with Crippen LogP contribution in [0, 0.1) is 17.8 Å². The number of hydrogen-bond acceptors (Lipinski definition) is 3. The topological polar surface area (TPSA) is 62.2 Å². The van der Waals surface area contributed by atoms with Crippen molar-refractivity contribution in [2.24, 2.45) is 10.8 Å². The van der Waals surface area contributed by atoms with Gasteiger partial charge in [-0.25, -0.2) is 9.78 Å². The number of carboxylic acids is 1. The Kier molecular flexibility index (Phi) is 2.65. The van der Waals surface area contributed by atoms with E-state index in [2.05, 4.69) is 38.0 Å². The molecular formula is C14H20N2O2. The second kappa shape index (κ2) is 3.70. The van der Waals surface area contributed by atoms with Crippen molar-refractivity contribution in [1.82, 2.24) is 4.98 Å². The first-order valence-electron chi connectivity index (χ1n) is 6.15. The van der Waals surface area contributed by atoms with Crippen LogP contribution >= 0.6 is 0 Å². The Morgan fingerprint density at radius 2 is 1.83 bits per heavy atom. The summed E-state index contributed by atoms with van der Waals surface area (Å²) in [6.45, 7) is 10.6. The maximum Gasteiger partial charge on any atom is 0.337 e. The monoisotopic (exact) mass is 248 g/mol. The summed E-state index contributed by atoms with van der Waals surface area (Å²) in [6.07, 6.45) is 0. The molecule has 2 N–H and O–H groups in total. The number of nitrogens with one attached hydrogen (secondary N) is 1. The van der Waals surface area contributed by atoms with Gasteiger partial charge in [-0.15, -0.1) is 0 Å². The molecule has 18 heavy (non-hydrogen) atoms. The first-order valence-corrected chi connectivity index (χ1v) is 6.15. The number of aryl methyl sites for hydroxylation is 1. The number of aromatic nitrogens is 1. The summed E-state index contributed by atoms with van der Waals surface area (Å²) in [5.41, 5.74) is 1.26. The minimum absolute atomic E-state index is 0.230. The second-order valence-corrected chi connectivity index (χ2v) is 6.16. The van der Waals surface area contributed by atoms with E-state index in [0.717, 1.165) is 5.82 Å². The standard InChI is InChI=1S/C14H20N2O2/c1-8-9(11(17)18)6-7-10(15-8)16-12-13(2,3)14(12,4)5/h6-7,12H,1-5H3,(H,15,16)(H,17,18). The molecule has 0 radical (unpaired) electrons. The molecule has 2 rings (SSSR count).